The summed E-state index contributed by atoms with van der Waals surface area (Å²) in [7, 11) is -4.22. The second kappa shape index (κ2) is 5.88. The molecular formula is C12H7Cl3FNO3S. The molecule has 0 fully saturated rings. The molecule has 4 nitrogen and oxygen atoms in total. The number of hydrogen-bond donors (Lipinski definition) is 2. The third kappa shape index (κ3) is 3.18. The fraction of sp³-hybridized carbons (Fsp3) is 0. The summed E-state index contributed by atoms with van der Waals surface area (Å²) in [6.07, 6.45) is 0. The Morgan fingerprint density at radius 2 is 1.71 bits per heavy atom. The van der Waals surface area contributed by atoms with Crippen molar-refractivity contribution in [1.29, 1.82) is 0 Å². The Morgan fingerprint density at radius 1 is 1.05 bits per heavy atom. The smallest absolute Gasteiger partial charge is 0.263 e. The maximum Gasteiger partial charge on any atom is 0.263 e. The third-order valence-electron chi connectivity index (χ3n) is 2.52. The molecule has 0 bridgehead atoms. The molecule has 21 heavy (non-hydrogen) atoms. The zero-order chi connectivity index (χ0) is 15.8. The third-order valence-corrected chi connectivity index (χ3v) is 5.01. The van der Waals surface area contributed by atoms with Crippen LogP contribution in [0, 0.1) is 5.82 Å². The van der Waals surface area contributed by atoms with Crippen LogP contribution in [0.5, 0.6) is 5.75 Å². The number of nitrogens with one attached hydrogen (secondary N) is 1. The number of benzene rings is 2. The van der Waals surface area contributed by atoms with E-state index in [9.17, 15) is 17.9 Å². The first-order chi connectivity index (χ1) is 9.74. The number of para-hydroxylation sites is 1. The molecule has 0 heterocycles. The fourth-order valence-electron chi connectivity index (χ4n) is 1.51. The first-order valence-electron chi connectivity index (χ1n) is 5.38. The Labute approximate surface area is 135 Å². The summed E-state index contributed by atoms with van der Waals surface area (Å²) in [4.78, 5) is -0.509. The molecule has 0 amide bonds. The first-order valence-corrected chi connectivity index (χ1v) is 7.99. The monoisotopic (exact) mass is 369 g/mol. The van der Waals surface area contributed by atoms with Crippen molar-refractivity contribution in [2.24, 2.45) is 0 Å². The Bertz CT molecular complexity index is 812. The van der Waals surface area contributed by atoms with Gasteiger partial charge in [0, 0.05) is 0 Å². The van der Waals surface area contributed by atoms with Gasteiger partial charge in [-0.1, -0.05) is 40.9 Å². The van der Waals surface area contributed by atoms with Crippen LogP contribution in [0.25, 0.3) is 0 Å². The minimum atomic E-state index is -4.22. The second-order valence-corrected chi connectivity index (χ2v) is 6.76. The van der Waals surface area contributed by atoms with Gasteiger partial charge < -0.3 is 5.11 Å². The van der Waals surface area contributed by atoms with Gasteiger partial charge in [-0.25, -0.2) is 12.8 Å². The molecule has 0 aliphatic carbocycles. The maximum absolute atomic E-state index is 13.6. The first kappa shape index (κ1) is 16.2. The summed E-state index contributed by atoms with van der Waals surface area (Å²) in [6.45, 7) is 0. The predicted molar refractivity (Wildman–Crippen MR) is 80.3 cm³/mol. The molecule has 2 rings (SSSR count). The van der Waals surface area contributed by atoms with E-state index in [4.69, 9.17) is 34.8 Å². The van der Waals surface area contributed by atoms with Gasteiger partial charge in [0.15, 0.2) is 11.6 Å². The van der Waals surface area contributed by atoms with Crippen LogP contribution in [0.4, 0.5) is 10.1 Å². The van der Waals surface area contributed by atoms with Gasteiger partial charge >= 0.3 is 0 Å². The zero-order valence-corrected chi connectivity index (χ0v) is 13.2. The van der Waals surface area contributed by atoms with Gasteiger partial charge in [-0.3, -0.25) is 4.72 Å². The molecule has 0 aliphatic rings. The fourth-order valence-corrected chi connectivity index (χ4v) is 3.50. The van der Waals surface area contributed by atoms with Crippen LogP contribution < -0.4 is 4.72 Å². The van der Waals surface area contributed by atoms with Crippen molar-refractivity contribution in [2.75, 3.05) is 4.72 Å². The molecular weight excluding hydrogens is 364 g/mol. The molecule has 0 spiro atoms. The topological polar surface area (TPSA) is 66.4 Å². The summed E-state index contributed by atoms with van der Waals surface area (Å²) >= 11 is 16.8. The Hall–Kier alpha value is -1.21. The van der Waals surface area contributed by atoms with Gasteiger partial charge in [0.25, 0.3) is 10.0 Å². The van der Waals surface area contributed by atoms with E-state index in [0.717, 1.165) is 12.1 Å². The summed E-state index contributed by atoms with van der Waals surface area (Å²) < 4.78 is 40.0. The number of hydrogen-bond acceptors (Lipinski definition) is 3. The molecule has 0 saturated heterocycles. The highest BCUT2D eigenvalue weighted by Crippen LogP contribution is 2.35. The minimum Gasteiger partial charge on any atom is -0.504 e. The molecule has 0 atom stereocenters. The number of sulfonamides is 1. The molecule has 2 aromatic rings. The van der Waals surface area contributed by atoms with Crippen LogP contribution in [-0.4, -0.2) is 13.5 Å². The number of aromatic hydroxyl groups is 1. The van der Waals surface area contributed by atoms with Gasteiger partial charge in [0.05, 0.1) is 20.8 Å². The number of phenols is 1. The van der Waals surface area contributed by atoms with Crippen molar-refractivity contribution >= 4 is 50.5 Å². The van der Waals surface area contributed by atoms with E-state index in [1.165, 1.54) is 18.2 Å². The number of anilines is 1. The summed E-state index contributed by atoms with van der Waals surface area (Å²) in [5, 5.41) is 8.71. The van der Waals surface area contributed by atoms with Gasteiger partial charge in [-0.2, -0.15) is 0 Å². The molecule has 2 aromatic carbocycles. The number of phenolic OH excluding ortho intramolecular Hbond substituents is 1. The van der Waals surface area contributed by atoms with Crippen LogP contribution in [-0.2, 0) is 10.0 Å². The highest BCUT2D eigenvalue weighted by atomic mass is 35.5. The Morgan fingerprint density at radius 3 is 2.38 bits per heavy atom. The standard InChI is InChI=1S/C12H7Cl3FNO3S/c13-6-4-5-9(10(15)11(6)16)21(19,20)17-8-3-1-2-7(14)12(8)18/h1-5,17-18H. The van der Waals surface area contributed by atoms with Crippen molar-refractivity contribution in [3.63, 3.8) is 0 Å². The van der Waals surface area contributed by atoms with E-state index >= 15 is 0 Å². The van der Waals surface area contributed by atoms with Crippen LogP contribution >= 0.6 is 34.8 Å². The Kier molecular flexibility index (Phi) is 4.53. The molecule has 9 heteroatoms. The van der Waals surface area contributed by atoms with Crippen molar-refractivity contribution in [2.45, 2.75) is 4.90 Å². The van der Waals surface area contributed by atoms with E-state index in [0.29, 0.717) is 0 Å². The lowest BCUT2D eigenvalue weighted by atomic mass is 10.3. The van der Waals surface area contributed by atoms with Gasteiger partial charge in [0.1, 0.15) is 4.90 Å². The zero-order valence-electron chi connectivity index (χ0n) is 10.1. The molecule has 2 N–H and O–H groups in total. The summed E-state index contributed by atoms with van der Waals surface area (Å²) in [6, 6.07) is 6.22. The van der Waals surface area contributed by atoms with Crippen LogP contribution in [0.15, 0.2) is 35.2 Å². The molecule has 0 radical (unpaired) electrons. The van der Waals surface area contributed by atoms with Gasteiger partial charge in [-0.15, -0.1) is 0 Å². The van der Waals surface area contributed by atoms with Gasteiger partial charge in [-0.05, 0) is 24.3 Å². The molecule has 0 aromatic heterocycles. The van der Waals surface area contributed by atoms with Crippen molar-refractivity contribution in [3.8, 4) is 5.75 Å². The predicted octanol–water partition coefficient (Wildman–Crippen LogP) is 4.29. The summed E-state index contributed by atoms with van der Waals surface area (Å²) in [5.74, 6) is -1.50. The SMILES string of the molecule is O=S(=O)(Nc1cccc(Cl)c1O)c1ccc(Cl)c(F)c1Cl. The van der Waals surface area contributed by atoms with E-state index in [1.54, 1.807) is 0 Å². The largest absolute Gasteiger partial charge is 0.504 e. The number of halogens is 4. The maximum atomic E-state index is 13.6. The van der Waals surface area contributed by atoms with Gasteiger partial charge in [0.2, 0.25) is 0 Å². The van der Waals surface area contributed by atoms with Crippen molar-refractivity contribution < 1.29 is 17.9 Å². The van der Waals surface area contributed by atoms with Crippen LogP contribution in [0.3, 0.4) is 0 Å². The average Bonchev–Trinajstić information content (AvgIpc) is 2.41. The molecule has 0 aliphatic heterocycles. The molecule has 112 valence electrons. The van der Waals surface area contributed by atoms with Crippen molar-refractivity contribution in [3.05, 3.63) is 51.2 Å². The quantitative estimate of drug-likeness (QED) is 0.625. The highest BCUT2D eigenvalue weighted by Gasteiger charge is 2.23. The van der Waals surface area contributed by atoms with Crippen LogP contribution in [0.2, 0.25) is 15.1 Å². The van der Waals surface area contributed by atoms with E-state index in [-0.39, 0.29) is 15.7 Å². The van der Waals surface area contributed by atoms with E-state index < -0.39 is 31.5 Å². The van der Waals surface area contributed by atoms with E-state index in [1.807, 2.05) is 0 Å². The van der Waals surface area contributed by atoms with Crippen LogP contribution in [0.1, 0.15) is 0 Å². The normalized spacial score (nSPS) is 11.4. The van der Waals surface area contributed by atoms with E-state index in [2.05, 4.69) is 4.72 Å². The van der Waals surface area contributed by atoms with Crippen molar-refractivity contribution in [1.82, 2.24) is 0 Å². The molecule has 0 saturated carbocycles. The lowest BCUT2D eigenvalue weighted by Gasteiger charge is -2.12. The average molecular weight is 371 g/mol. The second-order valence-electron chi connectivity index (χ2n) is 3.91. The number of rotatable bonds is 3. The lowest BCUT2D eigenvalue weighted by Crippen LogP contribution is -2.14. The molecule has 0 unspecified atom stereocenters. The Balaban J connectivity index is 2.49. The lowest BCUT2D eigenvalue weighted by molar-refractivity contribution is 0.478. The highest BCUT2D eigenvalue weighted by molar-refractivity contribution is 7.92. The summed E-state index contributed by atoms with van der Waals surface area (Å²) in [5.41, 5.74) is -0.158. The minimum absolute atomic E-state index is 0.0383.